The molecule has 0 spiro atoms. The van der Waals surface area contributed by atoms with Crippen LogP contribution in [0.2, 0.25) is 0 Å². The first kappa shape index (κ1) is 38.2. The number of rotatable bonds is 14. The largest absolute Gasteiger partial charge is 0.393 e. The zero-order valence-electron chi connectivity index (χ0n) is 30.8. The number of hydrogen-bond acceptors (Lipinski definition) is 7. The van der Waals surface area contributed by atoms with Crippen molar-refractivity contribution in [3.63, 3.8) is 0 Å². The van der Waals surface area contributed by atoms with E-state index in [2.05, 4.69) is 0 Å². The molecule has 4 unspecified atom stereocenters. The number of nitrogens with zero attached hydrogens (tertiary/aromatic N) is 2. The minimum Gasteiger partial charge on any atom is -0.393 e. The molecule has 0 aliphatic carbocycles. The molecule has 6 rings (SSSR count). The van der Waals surface area contributed by atoms with E-state index < -0.39 is 43.2 Å². The molecular weight excluding hydrogens is 683 g/mol. The van der Waals surface area contributed by atoms with Crippen LogP contribution in [0.15, 0.2) is 97.1 Å². The quantitative estimate of drug-likeness (QED) is 0.0831. The maximum Gasteiger partial charge on any atom is 0.153 e. The zero-order chi connectivity index (χ0) is 38.7. The number of aliphatic hydroxyl groups is 2. The van der Waals surface area contributed by atoms with Gasteiger partial charge in [0, 0.05) is 46.4 Å². The Balaban J connectivity index is 1.58. The Kier molecular flexibility index (Phi) is 11.5. The molecule has 0 aliphatic heterocycles. The Labute approximate surface area is 313 Å². The zero-order valence-corrected chi connectivity index (χ0v) is 30.8. The van der Waals surface area contributed by atoms with Gasteiger partial charge in [-0.3, -0.25) is 14.8 Å². The third-order valence-electron chi connectivity index (χ3n) is 9.94. The number of carbonyl (C=O) groups excluding carboxylic acids is 1. The van der Waals surface area contributed by atoms with Gasteiger partial charge in [-0.25, -0.2) is 8.78 Å². The van der Waals surface area contributed by atoms with Gasteiger partial charge in [0.25, 0.3) is 0 Å². The summed E-state index contributed by atoms with van der Waals surface area (Å²) in [5.41, 5.74) is 6.90. The predicted octanol–water partition coefficient (Wildman–Crippen LogP) is 9.39. The number of ketones is 1. The van der Waals surface area contributed by atoms with Crippen molar-refractivity contribution in [2.24, 2.45) is 0 Å². The minimum atomic E-state index is -1.40. The van der Waals surface area contributed by atoms with Crippen LogP contribution in [0.25, 0.3) is 44.1 Å². The van der Waals surface area contributed by atoms with Gasteiger partial charge < -0.3 is 21.0 Å². The Bertz CT molecular complexity index is 2200. The molecule has 7 nitrogen and oxygen atoms in total. The molecule has 9 heteroatoms. The smallest absolute Gasteiger partial charge is 0.153 e. The molecule has 4 aromatic carbocycles. The Morgan fingerprint density at radius 3 is 1.33 bits per heavy atom. The summed E-state index contributed by atoms with van der Waals surface area (Å²) in [6.45, 7) is 4.47. The molecule has 2 aromatic heterocycles. The van der Waals surface area contributed by atoms with E-state index in [-0.39, 0.29) is 24.3 Å². The number of Topliss-reactive ketones (excluding diaryl/α,β-unsaturated/α-hetero) is 1. The summed E-state index contributed by atoms with van der Waals surface area (Å²) in [6.07, 6.45) is -1.18. The van der Waals surface area contributed by atoms with Gasteiger partial charge in [-0.15, -0.1) is 0 Å². The van der Waals surface area contributed by atoms with Crippen LogP contribution in [0.5, 0.6) is 0 Å². The molecule has 0 bridgehead atoms. The summed E-state index contributed by atoms with van der Waals surface area (Å²) < 4.78 is 31.5. The Hall–Kier alpha value is -5.51. The first-order chi connectivity index (χ1) is 25.9. The second-order valence-corrected chi connectivity index (χ2v) is 14.0. The first-order valence-electron chi connectivity index (χ1n) is 18.1. The molecule has 0 aliphatic rings. The number of hydrogen-bond donors (Lipinski definition) is 4. The van der Waals surface area contributed by atoms with Crippen LogP contribution in [-0.2, 0) is 4.79 Å². The topological polar surface area (TPSA) is 131 Å². The normalized spacial score (nSPS) is 13.8. The van der Waals surface area contributed by atoms with Gasteiger partial charge in [-0.05, 0) is 96.5 Å². The van der Waals surface area contributed by atoms with Crippen LogP contribution in [0, 0.1) is 24.7 Å². The van der Waals surface area contributed by atoms with Crippen LogP contribution in [0.3, 0.4) is 0 Å². The number of carbonyl (C=O) groups is 1. The summed E-state index contributed by atoms with van der Waals surface area (Å²) in [4.78, 5) is 24.6. The lowest BCUT2D eigenvalue weighted by atomic mass is 9.77. The molecule has 4 N–H and O–H groups in total. The van der Waals surface area contributed by atoms with Crippen LogP contribution in [0.1, 0.15) is 72.2 Å². The number of aliphatic hydroxyl groups excluding tert-OH is 2. The van der Waals surface area contributed by atoms with E-state index in [4.69, 9.17) is 20.8 Å². The highest BCUT2D eigenvalue weighted by molar-refractivity contribution is 6.08. The molecule has 4 atom stereocenters. The molecule has 2 heterocycles. The van der Waals surface area contributed by atoms with Crippen LogP contribution >= 0.6 is 0 Å². The Morgan fingerprint density at radius 2 is 1.00 bits per heavy atom. The number of aryl methyl sites for hydroxylation is 2. The van der Waals surface area contributed by atoms with Crippen molar-refractivity contribution in [3.05, 3.63) is 131 Å². The highest BCUT2D eigenvalue weighted by Gasteiger charge is 2.36. The molecular formula is C45H44F2N4O3. The maximum atomic E-state index is 15.8. The number of benzene rings is 4. The van der Waals surface area contributed by atoms with E-state index >= 15 is 8.78 Å². The van der Waals surface area contributed by atoms with E-state index in [1.54, 1.807) is 64.1 Å². The third kappa shape index (κ3) is 7.60. The van der Waals surface area contributed by atoms with Gasteiger partial charge >= 0.3 is 0 Å². The van der Waals surface area contributed by atoms with E-state index in [0.29, 0.717) is 77.7 Å². The fourth-order valence-electron chi connectivity index (χ4n) is 7.52. The van der Waals surface area contributed by atoms with Crippen LogP contribution in [-0.4, -0.2) is 62.9 Å². The van der Waals surface area contributed by atoms with Crippen molar-refractivity contribution in [3.8, 4) is 22.3 Å². The molecule has 54 heavy (non-hydrogen) atoms. The lowest BCUT2D eigenvalue weighted by Crippen LogP contribution is -2.27. The minimum absolute atomic E-state index is 0.133. The van der Waals surface area contributed by atoms with E-state index in [0.717, 1.165) is 0 Å². The molecule has 0 saturated carbocycles. The SMILES string of the molecule is Cc1nc2ccc(C(=N)CC(C)O)cc2c(-c2ccccc2)c1C(CF)C(=O)C(CF)c1c(C)nc2ccc(C(=N)CC(C)O)cc2c1-c1ccccc1. The maximum absolute atomic E-state index is 15.8. The summed E-state index contributed by atoms with van der Waals surface area (Å²) in [7, 11) is 0. The fraction of sp³-hybridized carbons (Fsp3) is 0.267. The second kappa shape index (κ2) is 16.2. The molecule has 0 saturated heterocycles. The summed E-state index contributed by atoms with van der Waals surface area (Å²) >= 11 is 0. The number of halogens is 2. The van der Waals surface area contributed by atoms with Crippen molar-refractivity contribution in [1.29, 1.82) is 10.8 Å². The van der Waals surface area contributed by atoms with Gasteiger partial charge in [0.2, 0.25) is 0 Å². The number of alkyl halides is 2. The van der Waals surface area contributed by atoms with Gasteiger partial charge in [0.1, 0.15) is 13.3 Å². The monoisotopic (exact) mass is 726 g/mol. The second-order valence-electron chi connectivity index (χ2n) is 14.0. The van der Waals surface area contributed by atoms with Crippen molar-refractivity contribution >= 4 is 39.0 Å². The first-order valence-corrected chi connectivity index (χ1v) is 18.1. The van der Waals surface area contributed by atoms with E-state index in [9.17, 15) is 15.0 Å². The Morgan fingerprint density at radius 1 is 0.630 bits per heavy atom. The van der Waals surface area contributed by atoms with Crippen molar-refractivity contribution in [2.45, 2.75) is 64.6 Å². The highest BCUT2D eigenvalue weighted by atomic mass is 19.1. The van der Waals surface area contributed by atoms with Crippen LogP contribution in [0.4, 0.5) is 8.78 Å². The highest BCUT2D eigenvalue weighted by Crippen LogP contribution is 2.43. The van der Waals surface area contributed by atoms with Crippen molar-refractivity contribution in [2.75, 3.05) is 13.3 Å². The van der Waals surface area contributed by atoms with Gasteiger partial charge in [-0.2, -0.15) is 0 Å². The lowest BCUT2D eigenvalue weighted by Gasteiger charge is -2.27. The standard InChI is InChI=1S/C45H44F2N4O3/c1-25(52)19-37(48)31-15-17-39-33(21-31)43(29-11-7-5-8-12-29)41(27(3)50-39)35(23-46)45(54)36(24-47)42-28(4)51-40-18-16-32(38(49)20-26(2)53)22-34(40)44(42)30-13-9-6-10-14-30/h5-18,21-22,25-26,35-36,48-49,52-53H,19-20,23-24H2,1-4H3. The lowest BCUT2D eigenvalue weighted by molar-refractivity contribution is -0.122. The number of fused-ring (bicyclic) bond motifs is 2. The fourth-order valence-corrected chi connectivity index (χ4v) is 7.52. The number of aromatic nitrogens is 2. The van der Waals surface area contributed by atoms with Crippen LogP contribution < -0.4 is 0 Å². The predicted molar refractivity (Wildman–Crippen MR) is 213 cm³/mol. The average molecular weight is 727 g/mol. The molecule has 276 valence electrons. The molecule has 6 aromatic rings. The molecule has 0 amide bonds. The third-order valence-corrected chi connectivity index (χ3v) is 9.94. The van der Waals surface area contributed by atoms with Gasteiger partial charge in [0.05, 0.1) is 35.1 Å². The summed E-state index contributed by atoms with van der Waals surface area (Å²) in [5.74, 6) is -3.45. The number of pyridine rings is 2. The van der Waals surface area contributed by atoms with E-state index in [1.807, 2.05) is 60.7 Å². The summed E-state index contributed by atoms with van der Waals surface area (Å²) in [5, 5.41) is 38.5. The van der Waals surface area contributed by atoms with Gasteiger partial charge in [0.15, 0.2) is 5.78 Å². The average Bonchev–Trinajstić information content (AvgIpc) is 3.15. The van der Waals surface area contributed by atoms with Gasteiger partial charge in [-0.1, -0.05) is 72.8 Å². The molecule has 0 fully saturated rings. The van der Waals surface area contributed by atoms with Crippen molar-refractivity contribution < 1.29 is 23.8 Å². The summed E-state index contributed by atoms with van der Waals surface area (Å²) in [6, 6.07) is 29.3. The number of nitrogens with one attached hydrogen (secondary N) is 2. The van der Waals surface area contributed by atoms with E-state index in [1.165, 1.54) is 0 Å². The molecule has 0 radical (unpaired) electrons. The van der Waals surface area contributed by atoms with Crippen molar-refractivity contribution in [1.82, 2.24) is 9.97 Å².